The standard InChI is InChI=1S/C26H18F2N4O7S/c1-12-9-13(4-6-17(12)32(35)36)38-11-14-5-7-19(39-14)25(34)31-21-20-15(18-3-2-8-37-18)10-16(23(27)28)30-26(20)40-22(21)24(29)33/h2-10,23H,11H2,1H3,(H2,29,33)(H,31,34). The van der Waals surface area contributed by atoms with E-state index in [9.17, 15) is 28.5 Å². The predicted octanol–water partition coefficient (Wildman–Crippen LogP) is 6.23. The molecular formula is C26H18F2N4O7S. The molecule has 0 aliphatic rings. The third-order valence-corrected chi connectivity index (χ3v) is 6.88. The van der Waals surface area contributed by atoms with Gasteiger partial charge in [-0.3, -0.25) is 19.7 Å². The first-order chi connectivity index (χ1) is 19.1. The maximum atomic E-state index is 13.6. The Hall–Kier alpha value is -5.11. The molecule has 204 valence electrons. The number of ether oxygens (including phenoxy) is 1. The highest BCUT2D eigenvalue weighted by molar-refractivity contribution is 7.21. The Balaban J connectivity index is 1.43. The van der Waals surface area contributed by atoms with Gasteiger partial charge < -0.3 is 24.6 Å². The predicted molar refractivity (Wildman–Crippen MR) is 140 cm³/mol. The Bertz CT molecular complexity index is 1760. The first-order valence-electron chi connectivity index (χ1n) is 11.5. The Morgan fingerprint density at radius 2 is 2.02 bits per heavy atom. The number of alkyl halides is 2. The van der Waals surface area contributed by atoms with Gasteiger partial charge in [0.25, 0.3) is 23.9 Å². The minimum atomic E-state index is -2.89. The third kappa shape index (κ3) is 5.11. The van der Waals surface area contributed by atoms with Crippen molar-refractivity contribution in [2.75, 3.05) is 5.32 Å². The second kappa shape index (κ2) is 10.6. The van der Waals surface area contributed by atoms with Crippen LogP contribution in [-0.2, 0) is 6.61 Å². The highest BCUT2D eigenvalue weighted by atomic mass is 32.1. The third-order valence-electron chi connectivity index (χ3n) is 5.79. The fraction of sp³-hybridized carbons (Fsp3) is 0.115. The van der Waals surface area contributed by atoms with Crippen molar-refractivity contribution < 1.29 is 36.9 Å². The maximum Gasteiger partial charge on any atom is 0.291 e. The van der Waals surface area contributed by atoms with E-state index in [1.807, 2.05) is 0 Å². The molecule has 0 unspecified atom stereocenters. The zero-order chi connectivity index (χ0) is 28.6. The van der Waals surface area contributed by atoms with Crippen molar-refractivity contribution in [3.8, 4) is 17.1 Å². The topological polar surface area (TPSA) is 164 Å². The van der Waals surface area contributed by atoms with Crippen LogP contribution in [0.4, 0.5) is 20.2 Å². The lowest BCUT2D eigenvalue weighted by Crippen LogP contribution is -2.16. The largest absolute Gasteiger partial charge is 0.486 e. The molecule has 5 aromatic rings. The van der Waals surface area contributed by atoms with E-state index in [1.165, 1.54) is 36.6 Å². The van der Waals surface area contributed by atoms with Gasteiger partial charge in [0.1, 0.15) is 39.3 Å². The molecule has 40 heavy (non-hydrogen) atoms. The van der Waals surface area contributed by atoms with E-state index in [0.29, 0.717) is 11.3 Å². The van der Waals surface area contributed by atoms with Crippen LogP contribution in [0.5, 0.6) is 5.75 Å². The van der Waals surface area contributed by atoms with Crippen LogP contribution in [-0.4, -0.2) is 21.7 Å². The summed E-state index contributed by atoms with van der Waals surface area (Å²) in [6.45, 7) is 1.50. The summed E-state index contributed by atoms with van der Waals surface area (Å²) < 4.78 is 43.7. The molecule has 2 amide bonds. The molecule has 1 aromatic carbocycles. The van der Waals surface area contributed by atoms with Crippen molar-refractivity contribution in [2.24, 2.45) is 5.73 Å². The number of nitro benzene ring substituents is 1. The van der Waals surface area contributed by atoms with E-state index in [4.69, 9.17) is 19.3 Å². The number of fused-ring (bicyclic) bond motifs is 1. The number of nitrogens with zero attached hydrogens (tertiary/aromatic N) is 2. The summed E-state index contributed by atoms with van der Waals surface area (Å²) >= 11 is 0.759. The molecule has 0 saturated carbocycles. The van der Waals surface area contributed by atoms with Crippen molar-refractivity contribution >= 4 is 44.7 Å². The number of rotatable bonds is 9. The average molecular weight is 569 g/mol. The second-order valence-electron chi connectivity index (χ2n) is 8.44. The van der Waals surface area contributed by atoms with E-state index < -0.39 is 28.9 Å². The lowest BCUT2D eigenvalue weighted by molar-refractivity contribution is -0.385. The first kappa shape index (κ1) is 26.5. The molecule has 0 atom stereocenters. The van der Waals surface area contributed by atoms with Crippen LogP contribution in [0.25, 0.3) is 21.5 Å². The summed E-state index contributed by atoms with van der Waals surface area (Å²) in [4.78, 5) is 39.8. The summed E-state index contributed by atoms with van der Waals surface area (Å²) in [5.74, 6) is -0.923. The Labute approximate surface area is 227 Å². The Morgan fingerprint density at radius 3 is 2.67 bits per heavy atom. The molecule has 3 N–H and O–H groups in total. The van der Waals surface area contributed by atoms with Gasteiger partial charge in [-0.05, 0) is 49.4 Å². The van der Waals surface area contributed by atoms with Crippen LogP contribution in [0, 0.1) is 17.0 Å². The lowest BCUT2D eigenvalue weighted by atomic mass is 10.1. The number of nitrogens with one attached hydrogen (secondary N) is 1. The molecule has 4 heterocycles. The molecule has 0 aliphatic carbocycles. The molecule has 0 saturated heterocycles. The lowest BCUT2D eigenvalue weighted by Gasteiger charge is -2.09. The van der Waals surface area contributed by atoms with E-state index in [2.05, 4.69) is 10.3 Å². The van der Waals surface area contributed by atoms with E-state index in [-0.39, 0.29) is 55.9 Å². The number of thiophene rings is 1. The second-order valence-corrected chi connectivity index (χ2v) is 9.44. The SMILES string of the molecule is Cc1cc(OCc2ccc(C(=O)Nc3c(C(N)=O)sc4nc(C(F)F)cc(-c5ccco5)c34)o2)ccc1[N+](=O)[O-]. The highest BCUT2D eigenvalue weighted by Gasteiger charge is 2.26. The van der Waals surface area contributed by atoms with E-state index >= 15 is 0 Å². The summed E-state index contributed by atoms with van der Waals surface area (Å²) in [5.41, 5.74) is 5.55. The van der Waals surface area contributed by atoms with Gasteiger partial charge in [-0.15, -0.1) is 11.3 Å². The molecule has 14 heteroatoms. The normalized spacial score (nSPS) is 11.2. The number of aromatic nitrogens is 1. The van der Waals surface area contributed by atoms with Crippen LogP contribution in [0.2, 0.25) is 0 Å². The van der Waals surface area contributed by atoms with Gasteiger partial charge in [0, 0.05) is 22.6 Å². The number of hydrogen-bond donors (Lipinski definition) is 2. The number of amides is 2. The highest BCUT2D eigenvalue weighted by Crippen LogP contribution is 2.42. The van der Waals surface area contributed by atoms with Crippen molar-refractivity contribution in [3.05, 3.63) is 92.6 Å². The average Bonchev–Trinajstić information content (AvgIpc) is 3.67. The number of carbonyl (C=O) groups excluding carboxylic acids is 2. The fourth-order valence-corrected chi connectivity index (χ4v) is 4.99. The number of nitro groups is 1. The molecule has 4 aromatic heterocycles. The number of aryl methyl sites for hydroxylation is 1. The van der Waals surface area contributed by atoms with E-state index in [0.717, 1.165) is 17.4 Å². The molecule has 11 nitrogen and oxygen atoms in total. The summed E-state index contributed by atoms with van der Waals surface area (Å²) in [6, 6.07) is 11.4. The number of benzene rings is 1. The Kier molecular flexibility index (Phi) is 7.00. The molecule has 0 radical (unpaired) electrons. The fourth-order valence-electron chi connectivity index (χ4n) is 3.98. The van der Waals surface area contributed by atoms with Crippen molar-refractivity contribution in [1.29, 1.82) is 0 Å². The minimum absolute atomic E-state index is 0.0206. The number of carbonyl (C=O) groups is 2. The molecular weight excluding hydrogens is 550 g/mol. The molecule has 0 fully saturated rings. The quantitative estimate of drug-likeness (QED) is 0.156. The van der Waals surface area contributed by atoms with Gasteiger partial charge in [-0.2, -0.15) is 0 Å². The van der Waals surface area contributed by atoms with Gasteiger partial charge in [0.2, 0.25) is 0 Å². The maximum absolute atomic E-state index is 13.6. The number of primary amides is 1. The van der Waals surface area contributed by atoms with Crippen molar-refractivity contribution in [2.45, 2.75) is 20.0 Å². The van der Waals surface area contributed by atoms with Gasteiger partial charge >= 0.3 is 0 Å². The van der Waals surface area contributed by atoms with E-state index in [1.54, 1.807) is 19.1 Å². The van der Waals surface area contributed by atoms with Crippen molar-refractivity contribution in [3.63, 3.8) is 0 Å². The summed E-state index contributed by atoms with van der Waals surface area (Å²) in [7, 11) is 0. The number of anilines is 1. The van der Waals surface area contributed by atoms with Crippen LogP contribution in [0.3, 0.4) is 0 Å². The number of hydrogen-bond acceptors (Lipinski definition) is 9. The molecule has 5 rings (SSSR count). The number of furan rings is 2. The van der Waals surface area contributed by atoms with Gasteiger partial charge in [-0.25, -0.2) is 13.8 Å². The zero-order valence-electron chi connectivity index (χ0n) is 20.5. The zero-order valence-corrected chi connectivity index (χ0v) is 21.3. The van der Waals surface area contributed by atoms with Gasteiger partial charge in [0.15, 0.2) is 5.76 Å². The Morgan fingerprint density at radius 1 is 1.23 bits per heavy atom. The van der Waals surface area contributed by atoms with Gasteiger partial charge in [0.05, 0.1) is 16.9 Å². The number of nitrogens with two attached hydrogens (primary N) is 1. The van der Waals surface area contributed by atoms with Crippen LogP contribution < -0.4 is 15.8 Å². The molecule has 0 spiro atoms. The van der Waals surface area contributed by atoms with Crippen LogP contribution in [0.1, 0.15) is 43.7 Å². The minimum Gasteiger partial charge on any atom is -0.486 e. The number of halogens is 2. The van der Waals surface area contributed by atoms with Gasteiger partial charge in [-0.1, -0.05) is 0 Å². The first-order valence-corrected chi connectivity index (χ1v) is 12.3. The smallest absolute Gasteiger partial charge is 0.291 e. The number of pyridine rings is 1. The van der Waals surface area contributed by atoms with Crippen LogP contribution in [0.15, 0.2) is 63.6 Å². The monoisotopic (exact) mass is 568 g/mol. The van der Waals surface area contributed by atoms with Crippen LogP contribution >= 0.6 is 11.3 Å². The molecule has 0 bridgehead atoms. The summed E-state index contributed by atoms with van der Waals surface area (Å²) in [5, 5.41) is 13.8. The molecule has 0 aliphatic heterocycles. The van der Waals surface area contributed by atoms with Crippen molar-refractivity contribution in [1.82, 2.24) is 4.98 Å². The summed E-state index contributed by atoms with van der Waals surface area (Å²) in [6.07, 6.45) is -1.54.